The largest absolute Gasteiger partial charge is 0.383 e. The minimum atomic E-state index is 0.355. The third-order valence-corrected chi connectivity index (χ3v) is 4.58. The van der Waals surface area contributed by atoms with Crippen LogP contribution in [0.2, 0.25) is 0 Å². The molecule has 4 heteroatoms. The van der Waals surface area contributed by atoms with Crippen molar-refractivity contribution in [2.24, 2.45) is 5.41 Å². The van der Waals surface area contributed by atoms with Crippen molar-refractivity contribution in [2.75, 3.05) is 45.8 Å². The van der Waals surface area contributed by atoms with E-state index in [0.717, 1.165) is 38.2 Å². The minimum Gasteiger partial charge on any atom is -0.383 e. The summed E-state index contributed by atoms with van der Waals surface area (Å²) in [6.07, 6.45) is 3.76. The van der Waals surface area contributed by atoms with E-state index in [4.69, 9.17) is 9.47 Å². The number of thioether (sulfide) groups is 1. The lowest BCUT2D eigenvalue weighted by Gasteiger charge is -2.37. The first-order valence-electron chi connectivity index (χ1n) is 7.07. The van der Waals surface area contributed by atoms with Crippen LogP contribution in [-0.2, 0) is 9.47 Å². The van der Waals surface area contributed by atoms with Crippen LogP contribution in [0.5, 0.6) is 0 Å². The molecule has 1 heterocycles. The van der Waals surface area contributed by atoms with Crippen LogP contribution in [0.15, 0.2) is 0 Å². The smallest absolute Gasteiger partial charge is 0.0587 e. The van der Waals surface area contributed by atoms with Gasteiger partial charge in [0.05, 0.1) is 13.2 Å². The molecule has 1 fully saturated rings. The molecule has 1 saturated heterocycles. The molecule has 18 heavy (non-hydrogen) atoms. The predicted octanol–water partition coefficient (Wildman–Crippen LogP) is 2.55. The average Bonchev–Trinajstić information content (AvgIpc) is 2.36. The van der Waals surface area contributed by atoms with Gasteiger partial charge in [0.25, 0.3) is 0 Å². The third-order valence-electron chi connectivity index (χ3n) is 3.47. The molecule has 108 valence electrons. The van der Waals surface area contributed by atoms with E-state index in [2.05, 4.69) is 30.9 Å². The lowest BCUT2D eigenvalue weighted by Crippen LogP contribution is -2.42. The third kappa shape index (κ3) is 6.41. The molecule has 1 N–H and O–H groups in total. The van der Waals surface area contributed by atoms with Gasteiger partial charge in [0.1, 0.15) is 0 Å². The fraction of sp³-hybridized carbons (Fsp3) is 1.00. The molecule has 1 rings (SSSR count). The summed E-state index contributed by atoms with van der Waals surface area (Å²) in [7, 11) is 1.75. The lowest BCUT2D eigenvalue weighted by molar-refractivity contribution is -0.00928. The Balaban J connectivity index is 2.32. The fourth-order valence-electron chi connectivity index (χ4n) is 2.37. The number of nitrogens with one attached hydrogen (secondary N) is 1. The Kier molecular flexibility index (Phi) is 8.31. The molecule has 0 aromatic heterocycles. The second-order valence-corrected chi connectivity index (χ2v) is 7.18. The Morgan fingerprint density at radius 2 is 2.28 bits per heavy atom. The van der Waals surface area contributed by atoms with Crippen LogP contribution in [0.3, 0.4) is 0 Å². The van der Waals surface area contributed by atoms with Crippen molar-refractivity contribution in [3.63, 3.8) is 0 Å². The second kappa shape index (κ2) is 9.18. The topological polar surface area (TPSA) is 30.5 Å². The highest BCUT2D eigenvalue weighted by Gasteiger charge is 2.32. The first kappa shape index (κ1) is 16.3. The van der Waals surface area contributed by atoms with Gasteiger partial charge >= 0.3 is 0 Å². The zero-order chi connectivity index (χ0) is 13.3. The molecular weight excluding hydrogens is 246 g/mol. The van der Waals surface area contributed by atoms with Crippen LogP contribution < -0.4 is 5.32 Å². The Morgan fingerprint density at radius 1 is 1.44 bits per heavy atom. The molecule has 0 bridgehead atoms. The van der Waals surface area contributed by atoms with E-state index < -0.39 is 0 Å². The molecule has 0 aromatic carbocycles. The molecule has 3 nitrogen and oxygen atoms in total. The zero-order valence-electron chi connectivity index (χ0n) is 12.2. The molecule has 0 saturated carbocycles. The average molecular weight is 275 g/mol. The van der Waals surface area contributed by atoms with Gasteiger partial charge in [-0.05, 0) is 30.3 Å². The van der Waals surface area contributed by atoms with Crippen molar-refractivity contribution in [3.05, 3.63) is 0 Å². The van der Waals surface area contributed by atoms with Gasteiger partial charge in [-0.2, -0.15) is 11.8 Å². The Bertz CT molecular complexity index is 206. The molecule has 1 aliphatic heterocycles. The minimum absolute atomic E-state index is 0.355. The predicted molar refractivity (Wildman–Crippen MR) is 79.4 cm³/mol. The first-order chi connectivity index (χ1) is 8.68. The molecule has 0 aliphatic carbocycles. The highest BCUT2D eigenvalue weighted by atomic mass is 32.2. The van der Waals surface area contributed by atoms with E-state index in [-0.39, 0.29) is 0 Å². The van der Waals surface area contributed by atoms with E-state index in [1.807, 2.05) is 0 Å². The second-order valence-electron chi connectivity index (χ2n) is 5.50. The highest BCUT2D eigenvalue weighted by molar-refractivity contribution is 7.99. The number of hydrogen-bond acceptors (Lipinski definition) is 4. The van der Waals surface area contributed by atoms with E-state index in [1.54, 1.807) is 7.11 Å². The molecule has 0 spiro atoms. The molecule has 1 aliphatic rings. The van der Waals surface area contributed by atoms with Gasteiger partial charge in [-0.3, -0.25) is 0 Å². The van der Waals surface area contributed by atoms with Crippen molar-refractivity contribution < 1.29 is 9.47 Å². The van der Waals surface area contributed by atoms with E-state index >= 15 is 0 Å². The van der Waals surface area contributed by atoms with Gasteiger partial charge in [-0.1, -0.05) is 13.8 Å². The molecular formula is C14H29NO2S. The van der Waals surface area contributed by atoms with Crippen LogP contribution in [-0.4, -0.2) is 51.0 Å². The summed E-state index contributed by atoms with van der Waals surface area (Å²) in [5.41, 5.74) is 0.355. The number of methoxy groups -OCH3 is 1. The molecule has 1 atom stereocenters. The maximum absolute atomic E-state index is 5.72. The normalized spacial score (nSPS) is 24.7. The SMILES string of the molecule is COCCNCC1(CCSC(C)C)CCCOC1. The number of rotatable bonds is 9. The van der Waals surface area contributed by atoms with Gasteiger partial charge in [0, 0.05) is 32.2 Å². The zero-order valence-corrected chi connectivity index (χ0v) is 13.0. The summed E-state index contributed by atoms with van der Waals surface area (Å²) < 4.78 is 10.8. The summed E-state index contributed by atoms with van der Waals surface area (Å²) in [5, 5.41) is 4.25. The van der Waals surface area contributed by atoms with Crippen molar-refractivity contribution in [1.82, 2.24) is 5.32 Å². The Labute approximate surface area is 116 Å². The van der Waals surface area contributed by atoms with Crippen LogP contribution in [0.1, 0.15) is 33.1 Å². The quantitative estimate of drug-likeness (QED) is 0.655. The summed E-state index contributed by atoms with van der Waals surface area (Å²) in [5.74, 6) is 1.24. The van der Waals surface area contributed by atoms with Gasteiger partial charge in [0.2, 0.25) is 0 Å². The summed E-state index contributed by atoms with van der Waals surface area (Å²) in [6.45, 7) is 9.20. The summed E-state index contributed by atoms with van der Waals surface area (Å²) in [6, 6.07) is 0. The van der Waals surface area contributed by atoms with Crippen molar-refractivity contribution in [3.8, 4) is 0 Å². The highest BCUT2D eigenvalue weighted by Crippen LogP contribution is 2.33. The van der Waals surface area contributed by atoms with Crippen molar-refractivity contribution in [1.29, 1.82) is 0 Å². The number of hydrogen-bond donors (Lipinski definition) is 1. The molecule has 0 amide bonds. The van der Waals surface area contributed by atoms with Gasteiger partial charge in [-0.15, -0.1) is 0 Å². The Hall–Kier alpha value is 0.230. The summed E-state index contributed by atoms with van der Waals surface area (Å²) >= 11 is 2.06. The molecule has 1 unspecified atom stereocenters. The van der Waals surface area contributed by atoms with Gasteiger partial charge < -0.3 is 14.8 Å². The maximum atomic E-state index is 5.72. The van der Waals surface area contributed by atoms with Crippen LogP contribution >= 0.6 is 11.8 Å². The number of ether oxygens (including phenoxy) is 2. The standard InChI is InChI=1S/C14H29NO2S/c1-13(2)18-10-6-14(5-4-8-17-12-14)11-15-7-9-16-3/h13,15H,4-12H2,1-3H3. The molecule has 0 radical (unpaired) electrons. The van der Waals surface area contributed by atoms with Crippen molar-refractivity contribution >= 4 is 11.8 Å². The van der Waals surface area contributed by atoms with E-state index in [0.29, 0.717) is 5.41 Å². The maximum Gasteiger partial charge on any atom is 0.0587 e. The van der Waals surface area contributed by atoms with Gasteiger partial charge in [-0.25, -0.2) is 0 Å². The fourth-order valence-corrected chi connectivity index (χ4v) is 3.40. The van der Waals surface area contributed by atoms with Crippen molar-refractivity contribution in [2.45, 2.75) is 38.4 Å². The lowest BCUT2D eigenvalue weighted by atomic mass is 9.80. The van der Waals surface area contributed by atoms with E-state index in [1.165, 1.54) is 25.0 Å². The van der Waals surface area contributed by atoms with Crippen LogP contribution in [0.25, 0.3) is 0 Å². The summed E-state index contributed by atoms with van der Waals surface area (Å²) in [4.78, 5) is 0. The molecule has 0 aromatic rings. The monoisotopic (exact) mass is 275 g/mol. The first-order valence-corrected chi connectivity index (χ1v) is 8.12. The van der Waals surface area contributed by atoms with Crippen LogP contribution in [0.4, 0.5) is 0 Å². The van der Waals surface area contributed by atoms with E-state index in [9.17, 15) is 0 Å². The van der Waals surface area contributed by atoms with Gasteiger partial charge in [0.15, 0.2) is 0 Å². The Morgan fingerprint density at radius 3 is 2.89 bits per heavy atom. The van der Waals surface area contributed by atoms with Crippen LogP contribution in [0, 0.1) is 5.41 Å².